The Morgan fingerprint density at radius 2 is 1.67 bits per heavy atom. The van der Waals surface area contributed by atoms with Crippen molar-refractivity contribution >= 4 is 0 Å². The Kier molecular flexibility index (Phi) is 7.13. The first kappa shape index (κ1) is 17.9. The summed E-state index contributed by atoms with van der Waals surface area (Å²) in [6, 6.07) is 9.73. The molecule has 0 aromatic heterocycles. The Hall–Kier alpha value is -0.900. The summed E-state index contributed by atoms with van der Waals surface area (Å²) in [6.07, 6.45) is 8.53. The molecule has 1 N–H and O–H groups in total. The summed E-state index contributed by atoms with van der Waals surface area (Å²) in [5.41, 5.74) is 2.83. The molecular weight excluding hydrogens is 294 g/mol. The van der Waals surface area contributed by atoms with Crippen molar-refractivity contribution in [1.29, 1.82) is 0 Å². The summed E-state index contributed by atoms with van der Waals surface area (Å²) >= 11 is 0. The molecule has 1 aliphatic heterocycles. The molecular formula is C21H35N3. The number of rotatable bonds is 6. The van der Waals surface area contributed by atoms with Gasteiger partial charge >= 0.3 is 0 Å². The smallest absolute Gasteiger partial charge is 0.0234 e. The molecule has 3 nitrogen and oxygen atoms in total. The van der Waals surface area contributed by atoms with Crippen LogP contribution in [0.1, 0.15) is 49.7 Å². The predicted octanol–water partition coefficient (Wildman–Crippen LogP) is 3.43. The summed E-state index contributed by atoms with van der Waals surface area (Å²) in [4.78, 5) is 5.24. The van der Waals surface area contributed by atoms with E-state index in [1.54, 1.807) is 0 Å². The molecule has 0 radical (unpaired) electrons. The van der Waals surface area contributed by atoms with Crippen molar-refractivity contribution in [3.8, 4) is 0 Å². The van der Waals surface area contributed by atoms with Crippen LogP contribution in [0.25, 0.3) is 0 Å². The van der Waals surface area contributed by atoms with Crippen molar-refractivity contribution in [2.75, 3.05) is 39.3 Å². The van der Waals surface area contributed by atoms with Crippen LogP contribution < -0.4 is 5.32 Å². The quantitative estimate of drug-likeness (QED) is 0.807. The first-order valence-corrected chi connectivity index (χ1v) is 10.0. The molecule has 3 rings (SSSR count). The standard InChI is InChI=1S/C21H35N3/c1-19-7-6-8-20(17-19)18-24-15-13-23(14-16-24)12-11-22-21-9-4-2-3-5-10-21/h6-8,17,21-22H,2-5,9-16,18H2,1H3. The molecule has 1 aromatic rings. The lowest BCUT2D eigenvalue weighted by molar-refractivity contribution is 0.127. The molecule has 2 aliphatic rings. The molecule has 0 amide bonds. The fraction of sp³-hybridized carbons (Fsp3) is 0.714. The van der Waals surface area contributed by atoms with Gasteiger partial charge in [-0.2, -0.15) is 0 Å². The number of hydrogen-bond acceptors (Lipinski definition) is 3. The van der Waals surface area contributed by atoms with Crippen molar-refractivity contribution in [1.82, 2.24) is 15.1 Å². The lowest BCUT2D eigenvalue weighted by Gasteiger charge is -2.35. The fourth-order valence-corrected chi connectivity index (χ4v) is 4.15. The molecule has 0 spiro atoms. The zero-order chi connectivity index (χ0) is 16.6. The molecule has 1 aliphatic carbocycles. The molecule has 0 unspecified atom stereocenters. The monoisotopic (exact) mass is 329 g/mol. The highest BCUT2D eigenvalue weighted by Crippen LogP contribution is 2.17. The Labute approximate surface area is 148 Å². The summed E-state index contributed by atoms with van der Waals surface area (Å²) in [5.74, 6) is 0. The van der Waals surface area contributed by atoms with E-state index >= 15 is 0 Å². The van der Waals surface area contributed by atoms with Crippen LogP contribution in [-0.4, -0.2) is 55.1 Å². The first-order valence-electron chi connectivity index (χ1n) is 10.0. The molecule has 0 atom stereocenters. The van der Waals surface area contributed by atoms with Crippen molar-refractivity contribution in [3.05, 3.63) is 35.4 Å². The third-order valence-corrected chi connectivity index (χ3v) is 5.67. The van der Waals surface area contributed by atoms with Gasteiger partial charge in [0.15, 0.2) is 0 Å². The van der Waals surface area contributed by atoms with E-state index in [2.05, 4.69) is 46.3 Å². The second-order valence-electron chi connectivity index (χ2n) is 7.75. The van der Waals surface area contributed by atoms with E-state index in [0.29, 0.717) is 0 Å². The summed E-state index contributed by atoms with van der Waals surface area (Å²) in [6.45, 7) is 10.5. The number of hydrogen-bond donors (Lipinski definition) is 1. The topological polar surface area (TPSA) is 18.5 Å². The number of piperazine rings is 1. The maximum absolute atomic E-state index is 3.81. The Morgan fingerprint density at radius 1 is 0.958 bits per heavy atom. The molecule has 2 fully saturated rings. The lowest BCUT2D eigenvalue weighted by Crippen LogP contribution is -2.48. The molecule has 1 saturated heterocycles. The Morgan fingerprint density at radius 3 is 2.38 bits per heavy atom. The van der Waals surface area contributed by atoms with Crippen molar-refractivity contribution in [2.45, 2.75) is 58.0 Å². The predicted molar refractivity (Wildman–Crippen MR) is 102 cm³/mol. The number of nitrogens with one attached hydrogen (secondary N) is 1. The Bertz CT molecular complexity index is 472. The second kappa shape index (κ2) is 9.55. The lowest BCUT2D eigenvalue weighted by atomic mass is 10.1. The molecule has 1 saturated carbocycles. The highest BCUT2D eigenvalue weighted by molar-refractivity contribution is 5.22. The van der Waals surface area contributed by atoms with Gasteiger partial charge < -0.3 is 5.32 Å². The van der Waals surface area contributed by atoms with E-state index in [9.17, 15) is 0 Å². The minimum atomic E-state index is 0.787. The van der Waals surface area contributed by atoms with Crippen LogP contribution in [-0.2, 0) is 6.54 Å². The zero-order valence-corrected chi connectivity index (χ0v) is 15.5. The SMILES string of the molecule is Cc1cccc(CN2CCN(CCNC3CCCCCC3)CC2)c1. The van der Waals surface area contributed by atoms with Gasteiger partial charge in [-0.3, -0.25) is 9.80 Å². The average molecular weight is 330 g/mol. The summed E-state index contributed by atoms with van der Waals surface area (Å²) < 4.78 is 0. The van der Waals surface area contributed by atoms with Crippen LogP contribution in [0.3, 0.4) is 0 Å². The van der Waals surface area contributed by atoms with E-state index < -0.39 is 0 Å². The molecule has 0 bridgehead atoms. The summed E-state index contributed by atoms with van der Waals surface area (Å²) in [5, 5.41) is 3.81. The molecule has 1 heterocycles. The van der Waals surface area contributed by atoms with Gasteiger partial charge in [0.1, 0.15) is 0 Å². The number of benzene rings is 1. The molecule has 1 aromatic carbocycles. The molecule has 24 heavy (non-hydrogen) atoms. The molecule has 134 valence electrons. The van der Waals surface area contributed by atoms with Crippen LogP contribution in [0, 0.1) is 6.92 Å². The van der Waals surface area contributed by atoms with Gasteiger partial charge in [0.25, 0.3) is 0 Å². The van der Waals surface area contributed by atoms with Gasteiger partial charge in [0, 0.05) is 51.9 Å². The summed E-state index contributed by atoms with van der Waals surface area (Å²) in [7, 11) is 0. The van der Waals surface area contributed by atoms with Gasteiger partial charge in [0.05, 0.1) is 0 Å². The maximum atomic E-state index is 3.81. The highest BCUT2D eigenvalue weighted by atomic mass is 15.3. The first-order chi connectivity index (χ1) is 11.8. The third kappa shape index (κ3) is 5.87. The minimum absolute atomic E-state index is 0.787. The van der Waals surface area contributed by atoms with Crippen LogP contribution in [0.5, 0.6) is 0 Å². The second-order valence-corrected chi connectivity index (χ2v) is 7.75. The molecule has 3 heteroatoms. The van der Waals surface area contributed by atoms with E-state index in [1.165, 1.54) is 88.9 Å². The van der Waals surface area contributed by atoms with E-state index in [1.807, 2.05) is 0 Å². The number of nitrogens with zero attached hydrogens (tertiary/aromatic N) is 2. The van der Waals surface area contributed by atoms with Gasteiger partial charge in [-0.1, -0.05) is 55.5 Å². The van der Waals surface area contributed by atoms with Crippen molar-refractivity contribution < 1.29 is 0 Å². The van der Waals surface area contributed by atoms with E-state index in [-0.39, 0.29) is 0 Å². The van der Waals surface area contributed by atoms with Gasteiger partial charge in [0.2, 0.25) is 0 Å². The van der Waals surface area contributed by atoms with Crippen molar-refractivity contribution in [2.24, 2.45) is 0 Å². The van der Waals surface area contributed by atoms with Crippen molar-refractivity contribution in [3.63, 3.8) is 0 Å². The van der Waals surface area contributed by atoms with Crippen LogP contribution in [0.4, 0.5) is 0 Å². The maximum Gasteiger partial charge on any atom is 0.0234 e. The normalized spacial score (nSPS) is 21.7. The van der Waals surface area contributed by atoms with Crippen LogP contribution >= 0.6 is 0 Å². The minimum Gasteiger partial charge on any atom is -0.313 e. The van der Waals surface area contributed by atoms with Crippen LogP contribution in [0.2, 0.25) is 0 Å². The highest BCUT2D eigenvalue weighted by Gasteiger charge is 2.17. The van der Waals surface area contributed by atoms with Gasteiger partial charge in [-0.25, -0.2) is 0 Å². The largest absolute Gasteiger partial charge is 0.313 e. The van der Waals surface area contributed by atoms with E-state index in [4.69, 9.17) is 0 Å². The Balaban J connectivity index is 1.32. The van der Waals surface area contributed by atoms with E-state index in [0.717, 1.165) is 12.6 Å². The van der Waals surface area contributed by atoms with Crippen LogP contribution in [0.15, 0.2) is 24.3 Å². The van der Waals surface area contributed by atoms with Gasteiger partial charge in [-0.15, -0.1) is 0 Å². The third-order valence-electron chi connectivity index (χ3n) is 5.67. The number of aryl methyl sites for hydroxylation is 1. The zero-order valence-electron chi connectivity index (χ0n) is 15.5. The fourth-order valence-electron chi connectivity index (χ4n) is 4.15. The van der Waals surface area contributed by atoms with Gasteiger partial charge in [-0.05, 0) is 25.3 Å². The average Bonchev–Trinajstić information content (AvgIpc) is 2.85.